The van der Waals surface area contributed by atoms with Gasteiger partial charge in [0.25, 0.3) is 0 Å². The fourth-order valence-electron chi connectivity index (χ4n) is 2.62. The number of anilines is 2. The molecule has 0 radical (unpaired) electrons. The molecule has 0 bridgehead atoms. The highest BCUT2D eigenvalue weighted by Crippen LogP contribution is 2.30. The van der Waals surface area contributed by atoms with E-state index in [-0.39, 0.29) is 5.82 Å². The van der Waals surface area contributed by atoms with Crippen LogP contribution in [0, 0.1) is 11.7 Å². The molecule has 1 aromatic heterocycles. The standard InChI is InChI=1S/C15H18FN3O/c16-12-7-13(17)11-4-1-5-18-14(11)15(12)19-8-10-3-2-6-20-9-10/h1,4-5,7,10,19H,2-3,6,8-9,17H2. The number of ether oxygens (including phenoxy) is 1. The zero-order valence-corrected chi connectivity index (χ0v) is 11.2. The summed E-state index contributed by atoms with van der Waals surface area (Å²) in [6, 6.07) is 5.01. The summed E-state index contributed by atoms with van der Waals surface area (Å²) in [5.41, 5.74) is 7.27. The number of nitrogens with zero attached hydrogens (tertiary/aromatic N) is 1. The van der Waals surface area contributed by atoms with Crippen molar-refractivity contribution in [2.24, 2.45) is 5.92 Å². The molecule has 5 heteroatoms. The van der Waals surface area contributed by atoms with E-state index in [0.29, 0.717) is 29.4 Å². The first-order valence-corrected chi connectivity index (χ1v) is 6.90. The van der Waals surface area contributed by atoms with Crippen molar-refractivity contribution in [3.63, 3.8) is 0 Å². The van der Waals surface area contributed by atoms with E-state index in [1.54, 1.807) is 12.3 Å². The van der Waals surface area contributed by atoms with Crippen LogP contribution in [0.25, 0.3) is 10.9 Å². The summed E-state index contributed by atoms with van der Waals surface area (Å²) < 4.78 is 19.6. The lowest BCUT2D eigenvalue weighted by Crippen LogP contribution is -2.24. The number of pyridine rings is 1. The number of nitrogen functional groups attached to an aromatic ring is 1. The van der Waals surface area contributed by atoms with E-state index in [1.165, 1.54) is 6.07 Å². The lowest BCUT2D eigenvalue weighted by molar-refractivity contribution is 0.0595. The molecule has 2 heterocycles. The highest BCUT2D eigenvalue weighted by molar-refractivity contribution is 5.98. The zero-order chi connectivity index (χ0) is 13.9. The summed E-state index contributed by atoms with van der Waals surface area (Å²) in [6.45, 7) is 2.25. The van der Waals surface area contributed by atoms with Gasteiger partial charge in [0.05, 0.1) is 17.8 Å². The predicted molar refractivity (Wildman–Crippen MR) is 78.1 cm³/mol. The molecule has 0 saturated carbocycles. The molecule has 0 spiro atoms. The largest absolute Gasteiger partial charge is 0.398 e. The summed E-state index contributed by atoms with van der Waals surface area (Å²) >= 11 is 0. The topological polar surface area (TPSA) is 60.2 Å². The number of rotatable bonds is 3. The van der Waals surface area contributed by atoms with Gasteiger partial charge < -0.3 is 15.8 Å². The Balaban J connectivity index is 1.86. The first kappa shape index (κ1) is 13.1. The maximum absolute atomic E-state index is 14.1. The minimum absolute atomic E-state index is 0.356. The minimum Gasteiger partial charge on any atom is -0.398 e. The lowest BCUT2D eigenvalue weighted by atomic mass is 10.0. The molecule has 1 atom stereocenters. The molecule has 1 aliphatic heterocycles. The molecule has 1 aliphatic rings. The lowest BCUT2D eigenvalue weighted by Gasteiger charge is -2.23. The fourth-order valence-corrected chi connectivity index (χ4v) is 2.62. The predicted octanol–water partition coefficient (Wildman–Crippen LogP) is 2.79. The van der Waals surface area contributed by atoms with E-state index in [1.807, 2.05) is 6.07 Å². The Morgan fingerprint density at radius 2 is 2.40 bits per heavy atom. The van der Waals surface area contributed by atoms with Gasteiger partial charge in [-0.1, -0.05) is 0 Å². The van der Waals surface area contributed by atoms with Crippen LogP contribution in [-0.4, -0.2) is 24.7 Å². The van der Waals surface area contributed by atoms with Crippen molar-refractivity contribution < 1.29 is 9.13 Å². The molecule has 0 amide bonds. The van der Waals surface area contributed by atoms with E-state index < -0.39 is 0 Å². The second-order valence-electron chi connectivity index (χ2n) is 5.19. The van der Waals surface area contributed by atoms with Gasteiger partial charge in [0.1, 0.15) is 0 Å². The normalized spacial score (nSPS) is 19.1. The molecule has 1 saturated heterocycles. The molecule has 1 unspecified atom stereocenters. The average molecular weight is 275 g/mol. The summed E-state index contributed by atoms with van der Waals surface area (Å²) in [5.74, 6) is 0.0601. The monoisotopic (exact) mass is 275 g/mol. The Kier molecular flexibility index (Phi) is 3.69. The van der Waals surface area contributed by atoms with E-state index in [4.69, 9.17) is 10.5 Å². The van der Waals surface area contributed by atoms with Gasteiger partial charge >= 0.3 is 0 Å². The number of benzene rings is 1. The molecule has 3 rings (SSSR count). The number of aromatic nitrogens is 1. The Bertz CT molecular complexity index is 611. The highest BCUT2D eigenvalue weighted by Gasteiger charge is 2.16. The Labute approximate surface area is 117 Å². The van der Waals surface area contributed by atoms with E-state index in [2.05, 4.69) is 10.3 Å². The van der Waals surface area contributed by atoms with Crippen LogP contribution in [0.15, 0.2) is 24.4 Å². The van der Waals surface area contributed by atoms with Crippen molar-refractivity contribution in [3.05, 3.63) is 30.2 Å². The van der Waals surface area contributed by atoms with Crippen LogP contribution in [0.5, 0.6) is 0 Å². The number of hydrogen-bond acceptors (Lipinski definition) is 4. The number of halogens is 1. The highest BCUT2D eigenvalue weighted by atomic mass is 19.1. The van der Waals surface area contributed by atoms with Crippen LogP contribution >= 0.6 is 0 Å². The minimum atomic E-state index is -0.356. The second-order valence-corrected chi connectivity index (χ2v) is 5.19. The van der Waals surface area contributed by atoms with Crippen molar-refractivity contribution in [1.29, 1.82) is 0 Å². The quantitative estimate of drug-likeness (QED) is 0.846. The van der Waals surface area contributed by atoms with Crippen LogP contribution in [0.2, 0.25) is 0 Å². The number of nitrogens with two attached hydrogens (primary N) is 1. The summed E-state index contributed by atoms with van der Waals surface area (Å²) in [6.07, 6.45) is 3.82. The van der Waals surface area contributed by atoms with Gasteiger partial charge in [0, 0.05) is 30.4 Å². The SMILES string of the molecule is Nc1cc(F)c(NCC2CCCOC2)c2ncccc12. The molecular weight excluding hydrogens is 257 g/mol. The van der Waals surface area contributed by atoms with Crippen molar-refractivity contribution in [2.75, 3.05) is 30.8 Å². The smallest absolute Gasteiger partial charge is 0.150 e. The zero-order valence-electron chi connectivity index (χ0n) is 11.2. The molecule has 3 N–H and O–H groups in total. The number of fused-ring (bicyclic) bond motifs is 1. The van der Waals surface area contributed by atoms with Crippen LogP contribution in [0.1, 0.15) is 12.8 Å². The van der Waals surface area contributed by atoms with Gasteiger partial charge in [0.2, 0.25) is 0 Å². The van der Waals surface area contributed by atoms with E-state index in [0.717, 1.165) is 31.4 Å². The van der Waals surface area contributed by atoms with Crippen LogP contribution in [0.4, 0.5) is 15.8 Å². The molecule has 4 nitrogen and oxygen atoms in total. The first-order valence-electron chi connectivity index (χ1n) is 6.90. The fraction of sp³-hybridized carbons (Fsp3) is 0.400. The summed E-state index contributed by atoms with van der Waals surface area (Å²) in [4.78, 5) is 4.25. The molecule has 1 fully saturated rings. The maximum atomic E-state index is 14.1. The van der Waals surface area contributed by atoms with Crippen LogP contribution in [0.3, 0.4) is 0 Å². The van der Waals surface area contributed by atoms with Gasteiger partial charge in [-0.15, -0.1) is 0 Å². The summed E-state index contributed by atoms with van der Waals surface area (Å²) in [5, 5.41) is 3.95. The number of nitrogens with one attached hydrogen (secondary N) is 1. The number of hydrogen-bond donors (Lipinski definition) is 2. The Morgan fingerprint density at radius 1 is 1.50 bits per heavy atom. The molecule has 106 valence electrons. The van der Waals surface area contributed by atoms with Crippen molar-refractivity contribution in [1.82, 2.24) is 4.98 Å². The third-order valence-electron chi connectivity index (χ3n) is 3.70. The molecular formula is C15H18FN3O. The van der Waals surface area contributed by atoms with Gasteiger partial charge in [-0.3, -0.25) is 4.98 Å². The Morgan fingerprint density at radius 3 is 3.20 bits per heavy atom. The Hall–Kier alpha value is -1.88. The van der Waals surface area contributed by atoms with Gasteiger partial charge in [0.15, 0.2) is 5.82 Å². The van der Waals surface area contributed by atoms with E-state index in [9.17, 15) is 4.39 Å². The third kappa shape index (κ3) is 2.54. The van der Waals surface area contributed by atoms with Crippen molar-refractivity contribution in [3.8, 4) is 0 Å². The second kappa shape index (κ2) is 5.63. The first-order chi connectivity index (χ1) is 9.75. The molecule has 0 aliphatic carbocycles. The molecule has 20 heavy (non-hydrogen) atoms. The summed E-state index contributed by atoms with van der Waals surface area (Å²) in [7, 11) is 0. The van der Waals surface area contributed by atoms with Crippen molar-refractivity contribution in [2.45, 2.75) is 12.8 Å². The molecule has 1 aromatic carbocycles. The van der Waals surface area contributed by atoms with Crippen molar-refractivity contribution >= 4 is 22.3 Å². The van der Waals surface area contributed by atoms with Gasteiger partial charge in [-0.25, -0.2) is 4.39 Å². The molecule has 2 aromatic rings. The average Bonchev–Trinajstić information content (AvgIpc) is 2.48. The van der Waals surface area contributed by atoms with E-state index >= 15 is 0 Å². The van der Waals surface area contributed by atoms with Gasteiger partial charge in [-0.05, 0) is 37.0 Å². The van der Waals surface area contributed by atoms with Crippen LogP contribution < -0.4 is 11.1 Å². The maximum Gasteiger partial charge on any atom is 0.150 e. The van der Waals surface area contributed by atoms with Gasteiger partial charge in [-0.2, -0.15) is 0 Å². The van der Waals surface area contributed by atoms with Crippen LogP contribution in [-0.2, 0) is 4.74 Å². The third-order valence-corrected chi connectivity index (χ3v) is 3.70.